The lowest BCUT2D eigenvalue weighted by atomic mass is 10.1. The molecule has 1 unspecified atom stereocenters. The average Bonchev–Trinajstić information content (AvgIpc) is 2.67. The predicted octanol–water partition coefficient (Wildman–Crippen LogP) is -0.374. The first kappa shape index (κ1) is 11.8. The van der Waals surface area contributed by atoms with Crippen LogP contribution in [-0.2, 0) is 9.59 Å². The number of piperazine rings is 1. The van der Waals surface area contributed by atoms with Crippen LogP contribution >= 0.6 is 11.5 Å². The van der Waals surface area contributed by atoms with Crippen molar-refractivity contribution < 1.29 is 14.7 Å². The van der Waals surface area contributed by atoms with Crippen molar-refractivity contribution in [1.29, 1.82) is 0 Å². The summed E-state index contributed by atoms with van der Waals surface area (Å²) in [5.41, 5.74) is 0. The van der Waals surface area contributed by atoms with E-state index in [4.69, 9.17) is 5.11 Å². The van der Waals surface area contributed by atoms with E-state index in [1.807, 2.05) is 0 Å². The van der Waals surface area contributed by atoms with E-state index < -0.39 is 12.0 Å². The van der Waals surface area contributed by atoms with Gasteiger partial charge in [0.2, 0.25) is 11.0 Å². The summed E-state index contributed by atoms with van der Waals surface area (Å²) < 4.78 is 4.04. The molecule has 1 aromatic heterocycles. The van der Waals surface area contributed by atoms with Gasteiger partial charge >= 0.3 is 5.97 Å². The maximum atomic E-state index is 11.7. The molecule has 1 aliphatic heterocycles. The molecular weight excluding hydrogens is 244 g/mol. The van der Waals surface area contributed by atoms with Crippen molar-refractivity contribution in [3.8, 4) is 0 Å². The van der Waals surface area contributed by atoms with Crippen LogP contribution in [0.3, 0.4) is 0 Å². The van der Waals surface area contributed by atoms with E-state index in [2.05, 4.69) is 14.7 Å². The van der Waals surface area contributed by atoms with Gasteiger partial charge in [-0.3, -0.25) is 9.59 Å². The van der Waals surface area contributed by atoms with Gasteiger partial charge in [0.25, 0.3) is 0 Å². The summed E-state index contributed by atoms with van der Waals surface area (Å²) in [5.74, 6) is -0.644. The highest BCUT2D eigenvalue weighted by molar-refractivity contribution is 7.09. The lowest BCUT2D eigenvalue weighted by Crippen LogP contribution is -2.56. The first-order valence-corrected chi connectivity index (χ1v) is 5.91. The fourth-order valence-electron chi connectivity index (χ4n) is 1.71. The largest absolute Gasteiger partial charge is 0.481 e. The summed E-state index contributed by atoms with van der Waals surface area (Å²) in [7, 11) is 0. The van der Waals surface area contributed by atoms with Gasteiger partial charge in [-0.2, -0.15) is 4.37 Å². The Kier molecular flexibility index (Phi) is 3.23. The highest BCUT2D eigenvalue weighted by Crippen LogP contribution is 2.22. The highest BCUT2D eigenvalue weighted by atomic mass is 32.1. The van der Waals surface area contributed by atoms with Crippen molar-refractivity contribution in [2.24, 2.45) is 0 Å². The van der Waals surface area contributed by atoms with Gasteiger partial charge in [0.05, 0.1) is 6.42 Å². The molecule has 2 N–H and O–H groups in total. The molecule has 1 aromatic rings. The van der Waals surface area contributed by atoms with Crippen molar-refractivity contribution in [2.45, 2.75) is 19.4 Å². The first-order valence-electron chi connectivity index (χ1n) is 5.14. The molecule has 1 amide bonds. The molecule has 1 aliphatic rings. The highest BCUT2D eigenvalue weighted by Gasteiger charge is 2.33. The first-order chi connectivity index (χ1) is 8.08. The molecule has 0 spiro atoms. The van der Waals surface area contributed by atoms with Gasteiger partial charge in [0.1, 0.15) is 11.9 Å². The number of anilines is 1. The topological polar surface area (TPSA) is 95.4 Å². The molecule has 0 saturated carbocycles. The molecule has 8 heteroatoms. The molecular formula is C9H12N4O3S. The van der Waals surface area contributed by atoms with E-state index in [0.717, 1.165) is 0 Å². The molecule has 1 fully saturated rings. The minimum Gasteiger partial charge on any atom is -0.481 e. The van der Waals surface area contributed by atoms with Gasteiger partial charge in [-0.05, 0) is 6.92 Å². The molecule has 0 bridgehead atoms. The molecule has 1 atom stereocenters. The Morgan fingerprint density at radius 1 is 1.71 bits per heavy atom. The number of nitrogens with one attached hydrogen (secondary N) is 1. The van der Waals surface area contributed by atoms with E-state index in [0.29, 0.717) is 24.0 Å². The molecule has 17 heavy (non-hydrogen) atoms. The number of amides is 1. The number of aliphatic carboxylic acids is 1. The molecule has 0 radical (unpaired) electrons. The van der Waals surface area contributed by atoms with Crippen LogP contribution in [0.1, 0.15) is 12.2 Å². The lowest BCUT2D eigenvalue weighted by Gasteiger charge is -2.33. The monoisotopic (exact) mass is 256 g/mol. The molecule has 0 aromatic carbocycles. The second-order valence-corrected chi connectivity index (χ2v) is 4.45. The fourth-order valence-corrected chi connectivity index (χ4v) is 2.47. The van der Waals surface area contributed by atoms with Crippen LogP contribution in [0.25, 0.3) is 0 Å². The number of hydrogen-bond acceptors (Lipinski definition) is 6. The van der Waals surface area contributed by atoms with Crippen LogP contribution < -0.4 is 10.2 Å². The molecule has 0 aliphatic carbocycles. The van der Waals surface area contributed by atoms with E-state index >= 15 is 0 Å². The van der Waals surface area contributed by atoms with Crippen molar-refractivity contribution >= 4 is 28.5 Å². The number of nitrogens with zero attached hydrogens (tertiary/aromatic N) is 3. The van der Waals surface area contributed by atoms with E-state index in [1.165, 1.54) is 11.5 Å². The molecule has 92 valence electrons. The van der Waals surface area contributed by atoms with Gasteiger partial charge < -0.3 is 15.3 Å². The van der Waals surface area contributed by atoms with Crippen molar-refractivity contribution in [3.63, 3.8) is 0 Å². The number of carbonyl (C=O) groups is 2. The van der Waals surface area contributed by atoms with Crippen molar-refractivity contribution in [1.82, 2.24) is 14.7 Å². The maximum Gasteiger partial charge on any atom is 0.305 e. The zero-order valence-corrected chi connectivity index (χ0v) is 10.0. The number of aromatic nitrogens is 2. The van der Waals surface area contributed by atoms with Gasteiger partial charge in [-0.1, -0.05) is 0 Å². The van der Waals surface area contributed by atoms with Crippen LogP contribution in [0.15, 0.2) is 0 Å². The summed E-state index contributed by atoms with van der Waals surface area (Å²) in [4.78, 5) is 28.3. The number of aryl methyl sites for hydroxylation is 1. The fraction of sp³-hybridized carbons (Fsp3) is 0.556. The third kappa shape index (κ3) is 2.52. The van der Waals surface area contributed by atoms with Crippen LogP contribution in [0.5, 0.6) is 0 Å². The number of carboxylic acid groups (broad SMARTS) is 1. The molecule has 2 rings (SSSR count). The SMILES string of the molecule is Cc1nsc(N2CCNC(=O)C2CC(=O)O)n1. The minimum atomic E-state index is -1.00. The second kappa shape index (κ2) is 4.66. The van der Waals surface area contributed by atoms with Crippen molar-refractivity contribution in [3.05, 3.63) is 5.82 Å². The van der Waals surface area contributed by atoms with Gasteiger partial charge in [0, 0.05) is 24.6 Å². The Labute approximate surface area is 102 Å². The average molecular weight is 256 g/mol. The van der Waals surface area contributed by atoms with E-state index in [9.17, 15) is 9.59 Å². The number of rotatable bonds is 3. The molecule has 7 nitrogen and oxygen atoms in total. The third-order valence-corrected chi connectivity index (χ3v) is 3.31. The number of hydrogen-bond donors (Lipinski definition) is 2. The summed E-state index contributed by atoms with van der Waals surface area (Å²) in [6, 6.07) is -0.700. The smallest absolute Gasteiger partial charge is 0.305 e. The standard InChI is InChI=1S/C9H12N4O3S/c1-5-11-9(17-12-5)13-3-2-10-8(16)6(13)4-7(14)15/h6H,2-4H2,1H3,(H,10,16)(H,14,15). The second-order valence-electron chi connectivity index (χ2n) is 3.72. The Morgan fingerprint density at radius 3 is 3.06 bits per heavy atom. The quantitative estimate of drug-likeness (QED) is 0.766. The lowest BCUT2D eigenvalue weighted by molar-refractivity contribution is -0.139. The van der Waals surface area contributed by atoms with Gasteiger partial charge in [-0.15, -0.1) is 0 Å². The normalized spacial score (nSPS) is 20.2. The number of carboxylic acids is 1. The van der Waals surface area contributed by atoms with Crippen molar-refractivity contribution in [2.75, 3.05) is 18.0 Å². The van der Waals surface area contributed by atoms with Gasteiger partial charge in [-0.25, -0.2) is 4.98 Å². The Balaban J connectivity index is 2.22. The van der Waals surface area contributed by atoms with E-state index in [1.54, 1.807) is 11.8 Å². The van der Waals surface area contributed by atoms with Crippen LogP contribution in [0, 0.1) is 6.92 Å². The summed E-state index contributed by atoms with van der Waals surface area (Å²) in [6.45, 7) is 2.81. The minimum absolute atomic E-state index is 0.232. The predicted molar refractivity (Wildman–Crippen MR) is 61.0 cm³/mol. The number of carbonyl (C=O) groups excluding carboxylic acids is 1. The van der Waals surface area contributed by atoms with Crippen LogP contribution in [0.2, 0.25) is 0 Å². The molecule has 1 saturated heterocycles. The summed E-state index contributed by atoms with van der Waals surface area (Å²) >= 11 is 1.18. The zero-order valence-electron chi connectivity index (χ0n) is 9.21. The molecule has 2 heterocycles. The van der Waals surface area contributed by atoms with Gasteiger partial charge in [0.15, 0.2) is 0 Å². The van der Waals surface area contributed by atoms with E-state index in [-0.39, 0.29) is 12.3 Å². The van der Waals surface area contributed by atoms with Crippen LogP contribution in [-0.4, -0.2) is 45.5 Å². The summed E-state index contributed by atoms with van der Waals surface area (Å²) in [6.07, 6.45) is -0.232. The Bertz CT molecular complexity index is 447. The Morgan fingerprint density at radius 2 is 2.47 bits per heavy atom. The maximum absolute atomic E-state index is 11.7. The third-order valence-electron chi connectivity index (χ3n) is 2.46. The zero-order chi connectivity index (χ0) is 12.4. The Hall–Kier alpha value is -1.70. The summed E-state index contributed by atoms with van der Waals surface area (Å²) in [5, 5.41) is 12.1. The van der Waals surface area contributed by atoms with Crippen LogP contribution in [0.4, 0.5) is 5.13 Å².